The first-order valence-corrected chi connectivity index (χ1v) is 8.88. The summed E-state index contributed by atoms with van der Waals surface area (Å²) in [6.45, 7) is 11.2. The van der Waals surface area contributed by atoms with E-state index in [1.807, 2.05) is 41.7 Å². The molecule has 1 fully saturated rings. The number of carbonyl (C=O) groups is 1. The fourth-order valence-electron chi connectivity index (χ4n) is 3.94. The molecule has 1 aliphatic carbocycles. The number of ether oxygens (including phenoxy) is 2. The van der Waals surface area contributed by atoms with E-state index in [4.69, 9.17) is 15.2 Å². The lowest BCUT2D eigenvalue weighted by Gasteiger charge is -2.58. The van der Waals surface area contributed by atoms with E-state index >= 15 is 0 Å². The van der Waals surface area contributed by atoms with E-state index in [-0.39, 0.29) is 29.8 Å². The molecule has 26 heavy (non-hydrogen) atoms. The summed E-state index contributed by atoms with van der Waals surface area (Å²) in [5, 5.41) is 0. The van der Waals surface area contributed by atoms with Crippen LogP contribution in [0.15, 0.2) is 12.1 Å². The molecule has 0 bridgehead atoms. The van der Waals surface area contributed by atoms with Crippen molar-refractivity contribution in [3.05, 3.63) is 28.8 Å². The summed E-state index contributed by atoms with van der Waals surface area (Å²) in [6, 6.07) is 4.13. The van der Waals surface area contributed by atoms with Crippen LogP contribution in [0.5, 0.6) is 5.75 Å². The van der Waals surface area contributed by atoms with Crippen LogP contribution in [0, 0.1) is 19.3 Å². The van der Waals surface area contributed by atoms with Crippen LogP contribution in [0.1, 0.15) is 43.9 Å². The highest BCUT2D eigenvalue weighted by Crippen LogP contribution is 2.50. The third-order valence-corrected chi connectivity index (χ3v) is 5.70. The van der Waals surface area contributed by atoms with Crippen molar-refractivity contribution in [1.29, 1.82) is 0 Å². The van der Waals surface area contributed by atoms with Gasteiger partial charge >= 0.3 is 0 Å². The molecule has 2 rings (SSSR count). The van der Waals surface area contributed by atoms with Crippen molar-refractivity contribution in [3.8, 4) is 5.75 Å². The Labute approximate surface area is 163 Å². The highest BCUT2D eigenvalue weighted by Gasteiger charge is 2.63. The van der Waals surface area contributed by atoms with Crippen molar-refractivity contribution in [2.75, 3.05) is 20.8 Å². The minimum atomic E-state index is -0.877. The van der Waals surface area contributed by atoms with Crippen molar-refractivity contribution in [1.82, 2.24) is 4.90 Å². The van der Waals surface area contributed by atoms with Crippen molar-refractivity contribution in [2.24, 2.45) is 11.1 Å². The lowest BCUT2D eigenvalue weighted by Crippen LogP contribution is -2.75. The normalized spacial score (nSPS) is 23.6. The molecule has 1 aromatic rings. The number of hydrogen-bond donors (Lipinski definition) is 1. The second kappa shape index (κ2) is 8.15. The van der Waals surface area contributed by atoms with E-state index < -0.39 is 5.54 Å². The Morgan fingerprint density at radius 2 is 1.85 bits per heavy atom. The first-order chi connectivity index (χ1) is 11.6. The second-order valence-corrected chi connectivity index (χ2v) is 7.77. The zero-order chi connectivity index (χ0) is 19.0. The van der Waals surface area contributed by atoms with E-state index in [0.717, 1.165) is 22.4 Å². The largest absolute Gasteiger partial charge is 0.496 e. The van der Waals surface area contributed by atoms with Gasteiger partial charge in [-0.3, -0.25) is 4.79 Å². The van der Waals surface area contributed by atoms with Crippen molar-refractivity contribution in [2.45, 2.75) is 59.2 Å². The quantitative estimate of drug-likeness (QED) is 0.817. The number of halogens is 1. The first kappa shape index (κ1) is 22.7. The van der Waals surface area contributed by atoms with Crippen LogP contribution in [0.4, 0.5) is 0 Å². The molecule has 1 amide bonds. The SMILES string of the molecule is CCOC1CC(N)(C(=O)N(C)Cc2cc(C)c(OC)c(C)c2)C1(C)C.Cl. The van der Waals surface area contributed by atoms with Gasteiger partial charge in [0.25, 0.3) is 0 Å². The molecule has 148 valence electrons. The molecule has 1 aliphatic rings. The first-order valence-electron chi connectivity index (χ1n) is 8.88. The Kier molecular flexibility index (Phi) is 7.13. The molecule has 0 saturated heterocycles. The van der Waals surface area contributed by atoms with E-state index in [2.05, 4.69) is 12.1 Å². The number of benzene rings is 1. The molecule has 2 atom stereocenters. The molecule has 2 N–H and O–H groups in total. The van der Waals surface area contributed by atoms with Gasteiger partial charge in [0.1, 0.15) is 11.3 Å². The highest BCUT2D eigenvalue weighted by molar-refractivity contribution is 5.88. The summed E-state index contributed by atoms with van der Waals surface area (Å²) >= 11 is 0. The summed E-state index contributed by atoms with van der Waals surface area (Å²) < 4.78 is 11.1. The van der Waals surface area contributed by atoms with Crippen LogP contribution < -0.4 is 10.5 Å². The molecule has 1 saturated carbocycles. The number of nitrogens with zero attached hydrogens (tertiary/aromatic N) is 1. The molecule has 0 radical (unpaired) electrons. The predicted octanol–water partition coefficient (Wildman–Crippen LogP) is 3.22. The van der Waals surface area contributed by atoms with Gasteiger partial charge in [0.2, 0.25) is 5.91 Å². The van der Waals surface area contributed by atoms with Gasteiger partial charge in [0.05, 0.1) is 13.2 Å². The van der Waals surface area contributed by atoms with Gasteiger partial charge in [-0.1, -0.05) is 26.0 Å². The molecule has 0 heterocycles. The van der Waals surface area contributed by atoms with E-state index in [1.165, 1.54) is 0 Å². The van der Waals surface area contributed by atoms with Crippen LogP contribution >= 0.6 is 12.4 Å². The van der Waals surface area contributed by atoms with Gasteiger partial charge in [-0.2, -0.15) is 0 Å². The third-order valence-electron chi connectivity index (χ3n) is 5.70. The van der Waals surface area contributed by atoms with E-state index in [0.29, 0.717) is 19.6 Å². The lowest BCUT2D eigenvalue weighted by molar-refractivity contribution is -0.178. The fourth-order valence-corrected chi connectivity index (χ4v) is 3.94. The Hall–Kier alpha value is -1.30. The Morgan fingerprint density at radius 1 is 1.31 bits per heavy atom. The summed E-state index contributed by atoms with van der Waals surface area (Å²) in [7, 11) is 3.49. The molecule has 2 unspecified atom stereocenters. The topological polar surface area (TPSA) is 64.8 Å². The maximum Gasteiger partial charge on any atom is 0.243 e. The number of rotatable bonds is 6. The summed E-state index contributed by atoms with van der Waals surface area (Å²) in [6.07, 6.45) is 0.600. The standard InChI is InChI=1S/C20H32N2O3.ClH/c1-8-25-16-11-20(21,19(16,4)5)18(23)22(6)12-15-9-13(2)17(24-7)14(3)10-15;/h9-10,16H,8,11-12,21H2,1-7H3;1H. The molecule has 0 spiro atoms. The molecule has 6 heteroatoms. The number of hydrogen-bond acceptors (Lipinski definition) is 4. The smallest absolute Gasteiger partial charge is 0.243 e. The van der Waals surface area contributed by atoms with Crippen LogP contribution in [0.25, 0.3) is 0 Å². The summed E-state index contributed by atoms with van der Waals surface area (Å²) in [5.41, 5.74) is 8.48. The molecule has 5 nitrogen and oxygen atoms in total. The minimum absolute atomic E-state index is 0. The van der Waals surface area contributed by atoms with Gasteiger partial charge < -0.3 is 20.1 Å². The third kappa shape index (κ3) is 3.71. The fraction of sp³-hybridized carbons (Fsp3) is 0.650. The second-order valence-electron chi connectivity index (χ2n) is 7.77. The average Bonchev–Trinajstić information content (AvgIpc) is 2.53. The molecule has 0 aromatic heterocycles. The van der Waals surface area contributed by atoms with E-state index in [1.54, 1.807) is 12.0 Å². The summed E-state index contributed by atoms with van der Waals surface area (Å²) in [5.74, 6) is 0.868. The number of methoxy groups -OCH3 is 1. The zero-order valence-corrected chi connectivity index (χ0v) is 17.8. The lowest BCUT2D eigenvalue weighted by atomic mass is 9.54. The van der Waals surface area contributed by atoms with Gasteiger partial charge in [0.15, 0.2) is 0 Å². The zero-order valence-electron chi connectivity index (χ0n) is 17.0. The number of likely N-dealkylation sites (N-methyl/N-ethyl adjacent to an activating group) is 1. The highest BCUT2D eigenvalue weighted by atomic mass is 35.5. The number of amides is 1. The number of nitrogens with two attached hydrogens (primary N) is 1. The molecule has 1 aromatic carbocycles. The van der Waals surface area contributed by atoms with Gasteiger partial charge in [-0.25, -0.2) is 0 Å². The van der Waals surface area contributed by atoms with Crippen LogP contribution in [-0.2, 0) is 16.1 Å². The Morgan fingerprint density at radius 3 is 2.27 bits per heavy atom. The number of aryl methyl sites for hydroxylation is 2. The summed E-state index contributed by atoms with van der Waals surface area (Å²) in [4.78, 5) is 14.8. The van der Waals surface area contributed by atoms with Crippen molar-refractivity contribution >= 4 is 18.3 Å². The molecular weight excluding hydrogens is 352 g/mol. The predicted molar refractivity (Wildman–Crippen MR) is 107 cm³/mol. The van der Waals surface area contributed by atoms with Crippen molar-refractivity contribution < 1.29 is 14.3 Å². The Bertz CT molecular complexity index is 639. The van der Waals surface area contributed by atoms with E-state index in [9.17, 15) is 4.79 Å². The van der Waals surface area contributed by atoms with Crippen LogP contribution in [-0.4, -0.2) is 43.2 Å². The maximum atomic E-state index is 13.0. The monoisotopic (exact) mass is 384 g/mol. The van der Waals surface area contributed by atoms with Gasteiger partial charge in [0, 0.05) is 32.0 Å². The Balaban J connectivity index is 0.00000338. The van der Waals surface area contributed by atoms with Crippen LogP contribution in [0.3, 0.4) is 0 Å². The maximum absolute atomic E-state index is 13.0. The van der Waals surface area contributed by atoms with Crippen LogP contribution in [0.2, 0.25) is 0 Å². The van der Waals surface area contributed by atoms with Crippen molar-refractivity contribution in [3.63, 3.8) is 0 Å². The molecular formula is C20H33ClN2O3. The van der Waals surface area contributed by atoms with Gasteiger partial charge in [-0.05, 0) is 37.5 Å². The minimum Gasteiger partial charge on any atom is -0.496 e. The average molecular weight is 385 g/mol. The molecule has 0 aliphatic heterocycles. The van der Waals surface area contributed by atoms with Gasteiger partial charge in [-0.15, -0.1) is 12.4 Å². The number of carbonyl (C=O) groups excluding carboxylic acids is 1.